The second-order valence-electron chi connectivity index (χ2n) is 4.23. The van der Waals surface area contributed by atoms with Gasteiger partial charge >= 0.3 is 0 Å². The molecule has 1 aliphatic rings. The second-order valence-corrected chi connectivity index (χ2v) is 4.23. The Kier molecular flexibility index (Phi) is 3.99. The van der Waals surface area contributed by atoms with Gasteiger partial charge in [0.2, 0.25) is 0 Å². The van der Waals surface area contributed by atoms with Gasteiger partial charge in [0.25, 0.3) is 0 Å². The molecule has 1 unspecified atom stereocenters. The van der Waals surface area contributed by atoms with Crippen molar-refractivity contribution < 1.29 is 0 Å². The lowest BCUT2D eigenvalue weighted by molar-refractivity contribution is 0.422. The minimum Gasteiger partial charge on any atom is -0.372 e. The van der Waals surface area contributed by atoms with Crippen molar-refractivity contribution in [2.75, 3.05) is 13.1 Å². The Balaban J connectivity index is 2.60. The van der Waals surface area contributed by atoms with Crippen LogP contribution in [0.2, 0.25) is 0 Å². The normalized spacial score (nSPS) is 23.5. The van der Waals surface area contributed by atoms with Crippen LogP contribution in [0, 0.1) is 5.92 Å². The quantitative estimate of drug-likeness (QED) is 0.618. The van der Waals surface area contributed by atoms with E-state index in [1.54, 1.807) is 0 Å². The molecule has 0 spiro atoms. The van der Waals surface area contributed by atoms with Gasteiger partial charge in [0.15, 0.2) is 0 Å². The fourth-order valence-electron chi connectivity index (χ4n) is 1.78. The van der Waals surface area contributed by atoms with Crippen LogP contribution in [0.1, 0.15) is 27.2 Å². The summed E-state index contributed by atoms with van der Waals surface area (Å²) in [7, 11) is 0. The van der Waals surface area contributed by atoms with E-state index in [0.29, 0.717) is 0 Å². The summed E-state index contributed by atoms with van der Waals surface area (Å²) in [5.41, 5.74) is 2.44. The van der Waals surface area contributed by atoms with Crippen molar-refractivity contribution in [1.29, 1.82) is 0 Å². The van der Waals surface area contributed by atoms with Crippen LogP contribution < -0.4 is 0 Å². The summed E-state index contributed by atoms with van der Waals surface area (Å²) in [4.78, 5) is 2.45. The van der Waals surface area contributed by atoms with Gasteiger partial charge in [-0.1, -0.05) is 31.2 Å². The molecule has 0 saturated carbocycles. The SMILES string of the molecule is C=C(C)/C=C\C(=C/C)N1CCC(C)C1. The van der Waals surface area contributed by atoms with Gasteiger partial charge in [0, 0.05) is 18.8 Å². The molecule has 0 bridgehead atoms. The van der Waals surface area contributed by atoms with Crippen LogP contribution in [0.3, 0.4) is 0 Å². The van der Waals surface area contributed by atoms with Gasteiger partial charge in [0.05, 0.1) is 0 Å². The minimum atomic E-state index is 0.836. The highest BCUT2D eigenvalue weighted by atomic mass is 15.2. The first-order valence-corrected chi connectivity index (χ1v) is 5.38. The molecule has 0 N–H and O–H groups in total. The van der Waals surface area contributed by atoms with Gasteiger partial charge in [-0.3, -0.25) is 0 Å². The van der Waals surface area contributed by atoms with Gasteiger partial charge in [-0.15, -0.1) is 0 Å². The molecule has 1 atom stereocenters. The van der Waals surface area contributed by atoms with Gasteiger partial charge in [-0.25, -0.2) is 0 Å². The predicted octanol–water partition coefficient (Wildman–Crippen LogP) is 3.36. The Morgan fingerprint density at radius 3 is 2.57 bits per heavy atom. The Bertz CT molecular complexity index is 260. The lowest BCUT2D eigenvalue weighted by Gasteiger charge is -2.19. The van der Waals surface area contributed by atoms with E-state index in [0.717, 1.165) is 11.5 Å². The average Bonchev–Trinajstić information content (AvgIpc) is 2.53. The Morgan fingerprint density at radius 2 is 2.14 bits per heavy atom. The molecule has 0 aliphatic carbocycles. The summed E-state index contributed by atoms with van der Waals surface area (Å²) < 4.78 is 0. The highest BCUT2D eigenvalue weighted by Gasteiger charge is 2.18. The highest BCUT2D eigenvalue weighted by Crippen LogP contribution is 2.20. The van der Waals surface area contributed by atoms with E-state index in [-0.39, 0.29) is 0 Å². The van der Waals surface area contributed by atoms with Gasteiger partial charge in [0.1, 0.15) is 0 Å². The van der Waals surface area contributed by atoms with Crippen molar-refractivity contribution in [3.05, 3.63) is 36.1 Å². The second kappa shape index (κ2) is 5.04. The fraction of sp³-hybridized carbons (Fsp3) is 0.538. The van der Waals surface area contributed by atoms with Gasteiger partial charge in [-0.05, 0) is 32.3 Å². The van der Waals surface area contributed by atoms with Crippen LogP contribution in [0.15, 0.2) is 36.1 Å². The molecular formula is C13H21N. The number of hydrogen-bond donors (Lipinski definition) is 0. The standard InChI is InChI=1S/C13H21N/c1-5-13(7-6-11(2)3)14-9-8-12(4)10-14/h5-7,12H,2,8-10H2,1,3-4H3/b7-6-,13-5+. The summed E-state index contributed by atoms with van der Waals surface area (Å²) >= 11 is 0. The van der Waals surface area contributed by atoms with Gasteiger partial charge in [-0.2, -0.15) is 0 Å². The molecule has 1 nitrogen and oxygen atoms in total. The Morgan fingerprint density at radius 1 is 1.43 bits per heavy atom. The van der Waals surface area contributed by atoms with Crippen molar-refractivity contribution >= 4 is 0 Å². The molecule has 1 heterocycles. The molecule has 1 fully saturated rings. The lowest BCUT2D eigenvalue weighted by atomic mass is 10.2. The fourth-order valence-corrected chi connectivity index (χ4v) is 1.78. The molecule has 0 aromatic rings. The van der Waals surface area contributed by atoms with Crippen molar-refractivity contribution in [2.45, 2.75) is 27.2 Å². The summed E-state index contributed by atoms with van der Waals surface area (Å²) in [6, 6.07) is 0. The number of rotatable bonds is 3. The molecule has 1 rings (SSSR count). The summed E-state index contributed by atoms with van der Waals surface area (Å²) in [5.74, 6) is 0.836. The van der Waals surface area contributed by atoms with Crippen molar-refractivity contribution in [2.24, 2.45) is 5.92 Å². The molecule has 0 aromatic carbocycles. The summed E-state index contributed by atoms with van der Waals surface area (Å²) in [6.45, 7) is 12.7. The third kappa shape index (κ3) is 3.06. The maximum absolute atomic E-state index is 3.87. The smallest absolute Gasteiger partial charge is 0.0323 e. The zero-order valence-corrected chi connectivity index (χ0v) is 9.59. The van der Waals surface area contributed by atoms with E-state index in [9.17, 15) is 0 Å². The number of allylic oxidation sites excluding steroid dienone is 4. The first-order valence-electron chi connectivity index (χ1n) is 5.38. The number of nitrogens with zero attached hydrogens (tertiary/aromatic N) is 1. The van der Waals surface area contributed by atoms with Crippen molar-refractivity contribution in [3.63, 3.8) is 0 Å². The Labute approximate surface area is 87.8 Å². The van der Waals surface area contributed by atoms with Crippen LogP contribution in [0.4, 0.5) is 0 Å². The molecule has 1 saturated heterocycles. The summed E-state index contributed by atoms with van der Waals surface area (Å²) in [6.07, 6.45) is 7.74. The van der Waals surface area contributed by atoms with E-state index in [2.05, 4.69) is 43.6 Å². The third-order valence-electron chi connectivity index (χ3n) is 2.62. The third-order valence-corrected chi connectivity index (χ3v) is 2.62. The minimum absolute atomic E-state index is 0.836. The monoisotopic (exact) mass is 191 g/mol. The number of hydrogen-bond acceptors (Lipinski definition) is 1. The molecule has 0 aromatic heterocycles. The zero-order valence-electron chi connectivity index (χ0n) is 9.59. The molecular weight excluding hydrogens is 170 g/mol. The van der Waals surface area contributed by atoms with Crippen LogP contribution in [0.25, 0.3) is 0 Å². The molecule has 78 valence electrons. The number of likely N-dealkylation sites (tertiary alicyclic amines) is 1. The van der Waals surface area contributed by atoms with Crippen LogP contribution in [-0.4, -0.2) is 18.0 Å². The van der Waals surface area contributed by atoms with Gasteiger partial charge < -0.3 is 4.90 Å². The van der Waals surface area contributed by atoms with Crippen molar-refractivity contribution in [3.8, 4) is 0 Å². The maximum atomic E-state index is 3.87. The maximum Gasteiger partial charge on any atom is 0.0323 e. The zero-order chi connectivity index (χ0) is 10.6. The molecule has 0 radical (unpaired) electrons. The first-order chi connectivity index (χ1) is 6.63. The van der Waals surface area contributed by atoms with E-state index >= 15 is 0 Å². The first kappa shape index (κ1) is 11.1. The van der Waals surface area contributed by atoms with Crippen LogP contribution in [0.5, 0.6) is 0 Å². The van der Waals surface area contributed by atoms with E-state index < -0.39 is 0 Å². The van der Waals surface area contributed by atoms with Crippen LogP contribution >= 0.6 is 0 Å². The largest absolute Gasteiger partial charge is 0.372 e. The van der Waals surface area contributed by atoms with E-state index in [1.165, 1.54) is 25.2 Å². The molecule has 14 heavy (non-hydrogen) atoms. The lowest BCUT2D eigenvalue weighted by Crippen LogP contribution is -2.18. The molecule has 1 heteroatoms. The average molecular weight is 191 g/mol. The predicted molar refractivity (Wildman–Crippen MR) is 63.1 cm³/mol. The Hall–Kier alpha value is -0.980. The van der Waals surface area contributed by atoms with E-state index in [1.807, 2.05) is 6.92 Å². The summed E-state index contributed by atoms with van der Waals surface area (Å²) in [5, 5.41) is 0. The highest BCUT2D eigenvalue weighted by molar-refractivity contribution is 5.24. The van der Waals surface area contributed by atoms with Crippen molar-refractivity contribution in [1.82, 2.24) is 4.90 Å². The molecule has 1 aliphatic heterocycles. The van der Waals surface area contributed by atoms with E-state index in [4.69, 9.17) is 0 Å². The topological polar surface area (TPSA) is 3.24 Å². The molecule has 0 amide bonds. The van der Waals surface area contributed by atoms with Crippen LogP contribution in [-0.2, 0) is 0 Å².